The van der Waals surface area contributed by atoms with E-state index in [9.17, 15) is 8.42 Å². The van der Waals surface area contributed by atoms with Crippen LogP contribution in [0.2, 0.25) is 0 Å². The molecule has 1 aliphatic rings. The maximum Gasteiger partial charge on any atom is 0.263 e. The summed E-state index contributed by atoms with van der Waals surface area (Å²) in [5, 5.41) is 9.03. The molecule has 0 bridgehead atoms. The van der Waals surface area contributed by atoms with Gasteiger partial charge < -0.3 is 4.90 Å². The lowest BCUT2D eigenvalue weighted by atomic mass is 10.2. The van der Waals surface area contributed by atoms with Gasteiger partial charge in [-0.25, -0.2) is 18.4 Å². The highest BCUT2D eigenvalue weighted by atomic mass is 32.2. The van der Waals surface area contributed by atoms with E-state index in [1.807, 2.05) is 29.2 Å². The maximum absolute atomic E-state index is 12.9. The Balaban J connectivity index is 1.79. The summed E-state index contributed by atoms with van der Waals surface area (Å²) in [7, 11) is -3.90. The number of benzene rings is 2. The molecule has 2 heterocycles. The minimum atomic E-state index is -3.90. The second-order valence-electron chi connectivity index (χ2n) is 6.32. The second-order valence-corrected chi connectivity index (χ2v) is 8.01. The van der Waals surface area contributed by atoms with Crippen molar-refractivity contribution in [3.05, 3.63) is 54.1 Å². The van der Waals surface area contributed by atoms with Crippen molar-refractivity contribution < 1.29 is 8.42 Å². The van der Waals surface area contributed by atoms with Gasteiger partial charge in [0.2, 0.25) is 0 Å². The van der Waals surface area contributed by atoms with E-state index >= 15 is 0 Å². The second kappa shape index (κ2) is 6.85. The molecule has 0 aliphatic carbocycles. The Hall–Kier alpha value is -3.18. The van der Waals surface area contributed by atoms with E-state index in [0.717, 1.165) is 25.9 Å². The van der Waals surface area contributed by atoms with Crippen molar-refractivity contribution in [2.75, 3.05) is 22.7 Å². The number of anilines is 2. The molecule has 27 heavy (non-hydrogen) atoms. The number of aromatic nitrogens is 2. The number of hydrogen-bond donors (Lipinski definition) is 1. The van der Waals surface area contributed by atoms with Gasteiger partial charge in [-0.2, -0.15) is 5.26 Å². The Morgan fingerprint density at radius 3 is 2.41 bits per heavy atom. The van der Waals surface area contributed by atoms with Gasteiger partial charge in [-0.05, 0) is 43.2 Å². The first-order valence-electron chi connectivity index (χ1n) is 8.61. The molecule has 1 saturated heterocycles. The first-order valence-corrected chi connectivity index (χ1v) is 10.1. The molecule has 0 amide bonds. The average molecular weight is 379 g/mol. The smallest absolute Gasteiger partial charge is 0.263 e. The molecule has 7 nitrogen and oxygen atoms in total. The normalized spacial score (nSPS) is 14.3. The van der Waals surface area contributed by atoms with Gasteiger partial charge in [-0.15, -0.1) is 0 Å². The van der Waals surface area contributed by atoms with Crippen LogP contribution in [0.4, 0.5) is 11.6 Å². The number of sulfonamides is 1. The molecule has 8 heteroatoms. The van der Waals surface area contributed by atoms with E-state index in [1.165, 1.54) is 12.1 Å². The minimum Gasteiger partial charge on any atom is -0.354 e. The highest BCUT2D eigenvalue weighted by molar-refractivity contribution is 7.92. The van der Waals surface area contributed by atoms with Crippen molar-refractivity contribution in [3.63, 3.8) is 0 Å². The van der Waals surface area contributed by atoms with Gasteiger partial charge in [-0.3, -0.25) is 4.72 Å². The highest BCUT2D eigenvalue weighted by Gasteiger charge is 2.23. The topological polar surface area (TPSA) is 99.0 Å². The third-order valence-electron chi connectivity index (χ3n) is 4.46. The zero-order chi connectivity index (χ0) is 18.9. The Morgan fingerprint density at radius 2 is 1.70 bits per heavy atom. The van der Waals surface area contributed by atoms with E-state index in [0.29, 0.717) is 16.9 Å². The van der Waals surface area contributed by atoms with Gasteiger partial charge >= 0.3 is 0 Å². The number of nitriles is 1. The monoisotopic (exact) mass is 379 g/mol. The lowest BCUT2D eigenvalue weighted by Gasteiger charge is -2.20. The summed E-state index contributed by atoms with van der Waals surface area (Å²) in [6, 6.07) is 15.2. The number of rotatable bonds is 4. The van der Waals surface area contributed by atoms with Crippen LogP contribution < -0.4 is 9.62 Å². The fourth-order valence-electron chi connectivity index (χ4n) is 3.13. The molecule has 0 spiro atoms. The minimum absolute atomic E-state index is 0.0175. The summed E-state index contributed by atoms with van der Waals surface area (Å²) >= 11 is 0. The summed E-state index contributed by atoms with van der Waals surface area (Å²) < 4.78 is 28.3. The molecule has 136 valence electrons. The number of nitrogens with one attached hydrogen (secondary N) is 1. The van der Waals surface area contributed by atoms with Crippen LogP contribution in [0, 0.1) is 11.3 Å². The molecule has 4 rings (SSSR count). The average Bonchev–Trinajstić information content (AvgIpc) is 3.22. The Kier molecular flexibility index (Phi) is 4.38. The van der Waals surface area contributed by atoms with Gasteiger partial charge in [0.25, 0.3) is 10.0 Å². The fourth-order valence-corrected chi connectivity index (χ4v) is 4.18. The summed E-state index contributed by atoms with van der Waals surface area (Å²) in [5.74, 6) is 0.740. The van der Waals surface area contributed by atoms with Crippen LogP contribution in [0.5, 0.6) is 0 Å². The van der Waals surface area contributed by atoms with Crippen LogP contribution in [-0.2, 0) is 10.0 Å². The van der Waals surface area contributed by atoms with Crippen LogP contribution in [-0.4, -0.2) is 31.5 Å². The third-order valence-corrected chi connectivity index (χ3v) is 5.80. The molecule has 3 aromatic rings. The van der Waals surface area contributed by atoms with Gasteiger partial charge in [0.05, 0.1) is 27.6 Å². The van der Waals surface area contributed by atoms with E-state index < -0.39 is 10.0 Å². The summed E-state index contributed by atoms with van der Waals surface area (Å²) in [5.41, 5.74) is 1.61. The molecule has 0 radical (unpaired) electrons. The summed E-state index contributed by atoms with van der Waals surface area (Å²) in [6.45, 7) is 1.62. The van der Waals surface area contributed by atoms with E-state index in [1.54, 1.807) is 18.2 Å². The predicted octanol–water partition coefficient (Wildman–Crippen LogP) is 2.90. The van der Waals surface area contributed by atoms with E-state index in [2.05, 4.69) is 14.7 Å². The third kappa shape index (κ3) is 3.41. The van der Waals surface area contributed by atoms with E-state index in [4.69, 9.17) is 5.26 Å². The van der Waals surface area contributed by atoms with Crippen molar-refractivity contribution in [1.82, 2.24) is 9.97 Å². The van der Waals surface area contributed by atoms with Crippen molar-refractivity contribution >= 4 is 32.7 Å². The molecule has 1 aromatic heterocycles. The quantitative estimate of drug-likeness (QED) is 0.748. The molecular weight excluding hydrogens is 362 g/mol. The van der Waals surface area contributed by atoms with Crippen LogP contribution in [0.15, 0.2) is 53.4 Å². The van der Waals surface area contributed by atoms with Crippen molar-refractivity contribution in [3.8, 4) is 6.07 Å². The van der Waals surface area contributed by atoms with Gasteiger partial charge in [-0.1, -0.05) is 18.2 Å². The number of para-hydroxylation sites is 2. The van der Waals surface area contributed by atoms with Crippen LogP contribution in [0.3, 0.4) is 0 Å². The van der Waals surface area contributed by atoms with Crippen LogP contribution in [0.25, 0.3) is 11.0 Å². The number of nitrogens with zero attached hydrogens (tertiary/aromatic N) is 4. The lowest BCUT2D eigenvalue weighted by molar-refractivity contribution is 0.601. The van der Waals surface area contributed by atoms with Crippen molar-refractivity contribution in [1.29, 1.82) is 5.26 Å². The Morgan fingerprint density at radius 1 is 1.00 bits per heavy atom. The zero-order valence-corrected chi connectivity index (χ0v) is 15.3. The molecule has 1 aliphatic heterocycles. The molecule has 1 fully saturated rings. The van der Waals surface area contributed by atoms with Crippen molar-refractivity contribution in [2.24, 2.45) is 0 Å². The highest BCUT2D eigenvalue weighted by Crippen LogP contribution is 2.29. The standard InChI is InChI=1S/C19H17N5O2S/c20-13-14-6-5-7-15(12-14)27(25,26)23-18-19(24-10-3-4-11-24)22-17-9-2-1-8-16(17)21-18/h1-2,5-9,12H,3-4,10-11H2,(H,21,23). The maximum atomic E-state index is 12.9. The first kappa shape index (κ1) is 17.2. The number of fused-ring (bicyclic) bond motifs is 1. The first-order chi connectivity index (χ1) is 13.1. The van der Waals surface area contributed by atoms with Crippen LogP contribution >= 0.6 is 0 Å². The van der Waals surface area contributed by atoms with Gasteiger partial charge in [0.15, 0.2) is 11.6 Å². The molecular formula is C19H17N5O2S. The SMILES string of the molecule is N#Cc1cccc(S(=O)(=O)Nc2nc3ccccc3nc2N2CCCC2)c1. The molecule has 2 aromatic carbocycles. The summed E-state index contributed by atoms with van der Waals surface area (Å²) in [6.07, 6.45) is 2.07. The number of hydrogen-bond acceptors (Lipinski definition) is 6. The van der Waals surface area contributed by atoms with Gasteiger partial charge in [0, 0.05) is 13.1 Å². The molecule has 0 saturated carbocycles. The molecule has 0 atom stereocenters. The van der Waals surface area contributed by atoms with E-state index in [-0.39, 0.29) is 16.3 Å². The summed E-state index contributed by atoms with van der Waals surface area (Å²) in [4.78, 5) is 11.2. The largest absolute Gasteiger partial charge is 0.354 e. The Bertz CT molecular complexity index is 1150. The Labute approximate surface area is 157 Å². The predicted molar refractivity (Wildman–Crippen MR) is 103 cm³/mol. The molecule has 0 unspecified atom stereocenters. The molecule has 1 N–H and O–H groups in total. The zero-order valence-electron chi connectivity index (χ0n) is 14.5. The van der Waals surface area contributed by atoms with Gasteiger partial charge in [0.1, 0.15) is 0 Å². The van der Waals surface area contributed by atoms with Crippen molar-refractivity contribution in [2.45, 2.75) is 17.7 Å². The lowest BCUT2D eigenvalue weighted by Crippen LogP contribution is -2.23. The fraction of sp³-hybridized carbons (Fsp3) is 0.211. The van der Waals surface area contributed by atoms with Crippen LogP contribution in [0.1, 0.15) is 18.4 Å².